The highest BCUT2D eigenvalue weighted by molar-refractivity contribution is 7.89. The molecule has 3 heterocycles. The second kappa shape index (κ2) is 8.09. The molecule has 0 spiro atoms. The first-order chi connectivity index (χ1) is 15.0. The zero-order chi connectivity index (χ0) is 21.4. The Labute approximate surface area is 182 Å². The molecule has 1 N–H and O–H groups in total. The SMILES string of the molecule is O=C(Nc1ccc2c(c1)nc1n2CCCCC1)c1ccc(S(=O)(=O)N2CCCC2)cc1. The van der Waals surface area contributed by atoms with E-state index in [2.05, 4.69) is 9.88 Å². The zero-order valence-corrected chi connectivity index (χ0v) is 18.2. The molecule has 0 unspecified atom stereocenters. The molecule has 0 atom stereocenters. The summed E-state index contributed by atoms with van der Waals surface area (Å²) < 4.78 is 29.1. The van der Waals surface area contributed by atoms with Crippen LogP contribution >= 0.6 is 0 Å². The molecule has 0 aliphatic carbocycles. The normalized spacial score (nSPS) is 17.4. The van der Waals surface area contributed by atoms with Crippen molar-refractivity contribution in [3.8, 4) is 0 Å². The van der Waals surface area contributed by atoms with Gasteiger partial charge >= 0.3 is 0 Å². The monoisotopic (exact) mass is 438 g/mol. The smallest absolute Gasteiger partial charge is 0.255 e. The van der Waals surface area contributed by atoms with Gasteiger partial charge in [0.05, 0.1) is 15.9 Å². The Morgan fingerprint density at radius 2 is 1.65 bits per heavy atom. The average molecular weight is 439 g/mol. The molecule has 31 heavy (non-hydrogen) atoms. The van der Waals surface area contributed by atoms with Gasteiger partial charge in [0, 0.05) is 37.3 Å². The third-order valence-electron chi connectivity index (χ3n) is 6.19. The number of benzene rings is 2. The Morgan fingerprint density at radius 1 is 0.903 bits per heavy atom. The molecule has 0 bridgehead atoms. The Balaban J connectivity index is 1.33. The van der Waals surface area contributed by atoms with E-state index in [1.807, 2.05) is 18.2 Å². The fraction of sp³-hybridized carbons (Fsp3) is 0.391. The lowest BCUT2D eigenvalue weighted by atomic mass is 10.2. The summed E-state index contributed by atoms with van der Waals surface area (Å²) in [5, 5.41) is 2.91. The van der Waals surface area contributed by atoms with E-state index >= 15 is 0 Å². The first-order valence-corrected chi connectivity index (χ1v) is 12.4. The third kappa shape index (κ3) is 3.85. The van der Waals surface area contributed by atoms with Gasteiger partial charge in [-0.3, -0.25) is 4.79 Å². The molecule has 1 saturated heterocycles. The van der Waals surface area contributed by atoms with E-state index in [1.54, 1.807) is 12.1 Å². The standard InChI is InChI=1S/C23H26N4O3S/c28-23(17-7-10-19(11-8-17)31(29,30)26-13-4-5-14-26)24-18-9-12-21-20(16-18)25-22-6-2-1-3-15-27(21)22/h7-12,16H,1-6,13-15H2,(H,24,28). The number of nitrogens with zero attached hydrogens (tertiary/aromatic N) is 3. The maximum Gasteiger partial charge on any atom is 0.255 e. The lowest BCUT2D eigenvalue weighted by Gasteiger charge is -2.15. The summed E-state index contributed by atoms with van der Waals surface area (Å²) in [6, 6.07) is 12.0. The van der Waals surface area contributed by atoms with Crippen LogP contribution in [0.3, 0.4) is 0 Å². The van der Waals surface area contributed by atoms with E-state index < -0.39 is 10.0 Å². The molecule has 8 heteroatoms. The minimum Gasteiger partial charge on any atom is -0.328 e. The van der Waals surface area contributed by atoms with Gasteiger partial charge in [0.2, 0.25) is 10.0 Å². The number of imidazole rings is 1. The van der Waals surface area contributed by atoms with Crippen molar-refractivity contribution in [2.75, 3.05) is 18.4 Å². The largest absolute Gasteiger partial charge is 0.328 e. The summed E-state index contributed by atoms with van der Waals surface area (Å²) in [5.41, 5.74) is 3.09. The molecule has 2 aliphatic rings. The van der Waals surface area contributed by atoms with Crippen molar-refractivity contribution in [2.24, 2.45) is 0 Å². The molecule has 1 fully saturated rings. The number of anilines is 1. The van der Waals surface area contributed by atoms with E-state index in [4.69, 9.17) is 4.98 Å². The Kier molecular flexibility index (Phi) is 5.27. The highest BCUT2D eigenvalue weighted by Crippen LogP contribution is 2.25. The van der Waals surface area contributed by atoms with E-state index in [1.165, 1.54) is 29.3 Å². The van der Waals surface area contributed by atoms with Crippen LogP contribution < -0.4 is 5.32 Å². The van der Waals surface area contributed by atoms with Gasteiger partial charge in [-0.25, -0.2) is 13.4 Å². The number of nitrogens with one attached hydrogen (secondary N) is 1. The van der Waals surface area contributed by atoms with Gasteiger partial charge in [-0.15, -0.1) is 0 Å². The highest BCUT2D eigenvalue weighted by Gasteiger charge is 2.27. The van der Waals surface area contributed by atoms with Gasteiger partial charge in [-0.2, -0.15) is 4.31 Å². The van der Waals surface area contributed by atoms with E-state index in [0.29, 0.717) is 24.3 Å². The molecule has 3 aromatic rings. The van der Waals surface area contributed by atoms with Crippen molar-refractivity contribution < 1.29 is 13.2 Å². The van der Waals surface area contributed by atoms with Crippen LogP contribution in [0.5, 0.6) is 0 Å². The third-order valence-corrected chi connectivity index (χ3v) is 8.10. The first kappa shape index (κ1) is 20.2. The summed E-state index contributed by atoms with van der Waals surface area (Å²) in [6.07, 6.45) is 6.34. The molecule has 0 radical (unpaired) electrons. The maximum atomic E-state index is 12.7. The number of hydrogen-bond acceptors (Lipinski definition) is 4. The molecular formula is C23H26N4O3S. The number of aryl methyl sites for hydroxylation is 2. The number of carbonyl (C=O) groups excluding carboxylic acids is 1. The van der Waals surface area contributed by atoms with Crippen molar-refractivity contribution in [3.05, 3.63) is 53.9 Å². The molecule has 2 aliphatic heterocycles. The number of hydrogen-bond donors (Lipinski definition) is 1. The summed E-state index contributed by atoms with van der Waals surface area (Å²) in [7, 11) is -3.48. The van der Waals surface area contributed by atoms with Crippen molar-refractivity contribution in [1.29, 1.82) is 0 Å². The number of sulfonamides is 1. The van der Waals surface area contributed by atoms with Crippen LogP contribution in [0.4, 0.5) is 5.69 Å². The van der Waals surface area contributed by atoms with E-state index in [0.717, 1.165) is 49.1 Å². The number of rotatable bonds is 4. The Bertz CT molecular complexity index is 1230. The summed E-state index contributed by atoms with van der Waals surface area (Å²) >= 11 is 0. The van der Waals surface area contributed by atoms with Gasteiger partial charge in [-0.05, 0) is 68.1 Å². The number of carbonyl (C=O) groups is 1. The number of fused-ring (bicyclic) bond motifs is 3. The van der Waals surface area contributed by atoms with Crippen LogP contribution in [0.1, 0.15) is 48.3 Å². The average Bonchev–Trinajstić information content (AvgIpc) is 3.37. The maximum absolute atomic E-state index is 12.7. The van der Waals surface area contributed by atoms with E-state index in [9.17, 15) is 13.2 Å². The van der Waals surface area contributed by atoms with Crippen molar-refractivity contribution in [3.63, 3.8) is 0 Å². The topological polar surface area (TPSA) is 84.3 Å². The minimum absolute atomic E-state index is 0.229. The van der Waals surface area contributed by atoms with Gasteiger partial charge in [0.1, 0.15) is 5.82 Å². The summed E-state index contributed by atoms with van der Waals surface area (Å²) in [5.74, 6) is 0.844. The van der Waals surface area contributed by atoms with Crippen LogP contribution in [0, 0.1) is 0 Å². The summed E-state index contributed by atoms with van der Waals surface area (Å²) in [6.45, 7) is 2.11. The molecule has 162 valence electrons. The Morgan fingerprint density at radius 3 is 2.42 bits per heavy atom. The molecular weight excluding hydrogens is 412 g/mol. The highest BCUT2D eigenvalue weighted by atomic mass is 32.2. The van der Waals surface area contributed by atoms with Gasteiger partial charge < -0.3 is 9.88 Å². The molecule has 5 rings (SSSR count). The zero-order valence-electron chi connectivity index (χ0n) is 17.4. The fourth-order valence-corrected chi connectivity index (χ4v) is 6.00. The van der Waals surface area contributed by atoms with Crippen LogP contribution in [0.25, 0.3) is 11.0 Å². The van der Waals surface area contributed by atoms with Crippen LogP contribution in [0.2, 0.25) is 0 Å². The van der Waals surface area contributed by atoms with Crippen LogP contribution in [-0.4, -0.2) is 41.3 Å². The predicted octanol–water partition coefficient (Wildman–Crippen LogP) is 3.80. The number of amides is 1. The number of aromatic nitrogens is 2. The van der Waals surface area contributed by atoms with Crippen LogP contribution in [0.15, 0.2) is 47.4 Å². The van der Waals surface area contributed by atoms with Crippen molar-refractivity contribution >= 4 is 32.7 Å². The van der Waals surface area contributed by atoms with Crippen LogP contribution in [-0.2, 0) is 23.0 Å². The summed E-state index contributed by atoms with van der Waals surface area (Å²) in [4.78, 5) is 17.7. The molecule has 1 amide bonds. The molecule has 2 aromatic carbocycles. The second-order valence-electron chi connectivity index (χ2n) is 8.28. The van der Waals surface area contributed by atoms with Crippen molar-refractivity contribution in [2.45, 2.75) is 50.0 Å². The fourth-order valence-electron chi connectivity index (χ4n) is 4.49. The minimum atomic E-state index is -3.48. The molecule has 0 saturated carbocycles. The molecule has 7 nitrogen and oxygen atoms in total. The van der Waals surface area contributed by atoms with Gasteiger partial charge in [-0.1, -0.05) is 6.42 Å². The van der Waals surface area contributed by atoms with Gasteiger partial charge in [0.15, 0.2) is 0 Å². The molecule has 1 aromatic heterocycles. The lowest BCUT2D eigenvalue weighted by Crippen LogP contribution is -2.27. The second-order valence-corrected chi connectivity index (χ2v) is 10.2. The quantitative estimate of drug-likeness (QED) is 0.672. The first-order valence-electron chi connectivity index (χ1n) is 10.9. The van der Waals surface area contributed by atoms with Gasteiger partial charge in [0.25, 0.3) is 5.91 Å². The Hall–Kier alpha value is -2.71. The van der Waals surface area contributed by atoms with Crippen molar-refractivity contribution in [1.82, 2.24) is 13.9 Å². The lowest BCUT2D eigenvalue weighted by molar-refractivity contribution is 0.102. The van der Waals surface area contributed by atoms with E-state index in [-0.39, 0.29) is 10.8 Å². The predicted molar refractivity (Wildman–Crippen MR) is 120 cm³/mol.